The van der Waals surface area contributed by atoms with Crippen LogP contribution in [0, 0.1) is 5.41 Å². The Balaban J connectivity index is 1.23. The molecule has 0 atom stereocenters. The van der Waals surface area contributed by atoms with E-state index in [1.165, 1.54) is 0 Å². The fraction of sp³-hybridized carbons (Fsp3) is 0.417. The molecule has 1 saturated heterocycles. The van der Waals surface area contributed by atoms with Crippen molar-refractivity contribution in [2.24, 2.45) is 5.41 Å². The lowest BCUT2D eigenvalue weighted by Gasteiger charge is -2.38. The van der Waals surface area contributed by atoms with E-state index in [1.807, 2.05) is 25.1 Å². The van der Waals surface area contributed by atoms with E-state index in [4.69, 9.17) is 18.9 Å². The Morgan fingerprint density at radius 2 is 1.72 bits per heavy atom. The fourth-order valence-corrected chi connectivity index (χ4v) is 3.83. The molecular formula is C24H28N2O6. The smallest absolute Gasteiger partial charge is 0.260 e. The third kappa shape index (κ3) is 4.90. The molecule has 0 aromatic heterocycles. The molecule has 0 bridgehead atoms. The molecule has 0 radical (unpaired) electrons. The summed E-state index contributed by atoms with van der Waals surface area (Å²) in [6, 6.07) is 12.8. The summed E-state index contributed by atoms with van der Waals surface area (Å²) >= 11 is 0. The van der Waals surface area contributed by atoms with Crippen molar-refractivity contribution in [3.05, 3.63) is 48.0 Å². The molecule has 170 valence electrons. The Morgan fingerprint density at radius 1 is 1.03 bits per heavy atom. The van der Waals surface area contributed by atoms with Gasteiger partial charge in [-0.15, -0.1) is 0 Å². The lowest BCUT2D eigenvalue weighted by Crippen LogP contribution is -2.49. The van der Waals surface area contributed by atoms with Gasteiger partial charge in [-0.1, -0.05) is 13.0 Å². The quantitative estimate of drug-likeness (QED) is 0.713. The molecule has 0 aliphatic carbocycles. The third-order valence-corrected chi connectivity index (χ3v) is 6.08. The molecule has 0 unspecified atom stereocenters. The fourth-order valence-electron chi connectivity index (χ4n) is 3.83. The van der Waals surface area contributed by atoms with E-state index in [-0.39, 0.29) is 25.2 Å². The van der Waals surface area contributed by atoms with E-state index >= 15 is 0 Å². The van der Waals surface area contributed by atoms with Crippen LogP contribution in [0.25, 0.3) is 0 Å². The van der Waals surface area contributed by atoms with Crippen molar-refractivity contribution in [1.82, 2.24) is 10.2 Å². The highest BCUT2D eigenvalue weighted by atomic mass is 16.7. The number of ether oxygens (including phenoxy) is 4. The summed E-state index contributed by atoms with van der Waals surface area (Å²) in [6.07, 6.45) is 1.21. The van der Waals surface area contributed by atoms with Crippen LogP contribution in [0.1, 0.15) is 25.3 Å². The van der Waals surface area contributed by atoms with Crippen molar-refractivity contribution in [3.8, 4) is 23.0 Å². The standard InChI is InChI=1S/C24H28N2O6/c1-24(23(28)25-14-17-3-8-20-21(13-17)32-16-31-20)9-11-26(12-10-24)22(27)15-30-19-6-4-18(29-2)5-7-19/h3-8,13H,9-12,14-16H2,1-2H3,(H,25,28). The van der Waals surface area contributed by atoms with Crippen molar-refractivity contribution >= 4 is 11.8 Å². The minimum atomic E-state index is -0.510. The SMILES string of the molecule is COc1ccc(OCC(=O)N2CCC(C)(C(=O)NCc3ccc4c(c3)OCO4)CC2)cc1. The van der Waals surface area contributed by atoms with E-state index in [9.17, 15) is 9.59 Å². The number of benzene rings is 2. The van der Waals surface area contributed by atoms with Gasteiger partial charge in [-0.2, -0.15) is 0 Å². The minimum Gasteiger partial charge on any atom is -0.497 e. The molecule has 2 aromatic rings. The molecule has 2 aliphatic rings. The van der Waals surface area contributed by atoms with E-state index in [1.54, 1.807) is 36.3 Å². The van der Waals surface area contributed by atoms with Gasteiger partial charge in [0, 0.05) is 25.0 Å². The third-order valence-electron chi connectivity index (χ3n) is 6.08. The summed E-state index contributed by atoms with van der Waals surface area (Å²) < 4.78 is 21.4. The van der Waals surface area contributed by atoms with Gasteiger partial charge in [-0.25, -0.2) is 0 Å². The second-order valence-corrected chi connectivity index (χ2v) is 8.28. The summed E-state index contributed by atoms with van der Waals surface area (Å²) in [6.45, 7) is 3.63. The van der Waals surface area contributed by atoms with Crippen LogP contribution in [-0.4, -0.2) is 50.3 Å². The summed E-state index contributed by atoms with van der Waals surface area (Å²) in [7, 11) is 1.60. The van der Waals surface area contributed by atoms with E-state index < -0.39 is 5.41 Å². The first-order valence-electron chi connectivity index (χ1n) is 10.7. The van der Waals surface area contributed by atoms with Crippen molar-refractivity contribution in [1.29, 1.82) is 0 Å². The topological polar surface area (TPSA) is 86.3 Å². The zero-order valence-electron chi connectivity index (χ0n) is 18.4. The number of carbonyl (C=O) groups is 2. The molecule has 1 fully saturated rings. The highest BCUT2D eigenvalue weighted by Gasteiger charge is 2.38. The molecule has 2 aromatic carbocycles. The van der Waals surface area contributed by atoms with Crippen LogP contribution < -0.4 is 24.3 Å². The summed E-state index contributed by atoms with van der Waals surface area (Å²) in [4.78, 5) is 27.2. The number of methoxy groups -OCH3 is 1. The van der Waals surface area contributed by atoms with Crippen LogP contribution in [0.5, 0.6) is 23.0 Å². The number of rotatable bonds is 7. The molecular weight excluding hydrogens is 412 g/mol. The largest absolute Gasteiger partial charge is 0.497 e. The molecule has 0 saturated carbocycles. The van der Waals surface area contributed by atoms with Crippen LogP contribution in [0.4, 0.5) is 0 Å². The number of amides is 2. The average molecular weight is 440 g/mol. The molecule has 8 nitrogen and oxygen atoms in total. The average Bonchev–Trinajstić information content (AvgIpc) is 3.29. The molecule has 4 rings (SSSR count). The monoisotopic (exact) mass is 440 g/mol. The van der Waals surface area contributed by atoms with E-state index in [0.29, 0.717) is 44.0 Å². The van der Waals surface area contributed by atoms with Gasteiger partial charge >= 0.3 is 0 Å². The Morgan fingerprint density at radius 3 is 2.44 bits per heavy atom. The van der Waals surface area contributed by atoms with Gasteiger partial charge < -0.3 is 29.2 Å². The van der Waals surface area contributed by atoms with Crippen molar-refractivity contribution in [3.63, 3.8) is 0 Å². The molecule has 2 aliphatic heterocycles. The van der Waals surface area contributed by atoms with E-state index in [0.717, 1.165) is 17.1 Å². The zero-order valence-corrected chi connectivity index (χ0v) is 18.4. The second-order valence-electron chi connectivity index (χ2n) is 8.28. The molecule has 8 heteroatoms. The van der Waals surface area contributed by atoms with Crippen LogP contribution in [0.2, 0.25) is 0 Å². The van der Waals surface area contributed by atoms with Crippen molar-refractivity contribution in [2.45, 2.75) is 26.3 Å². The first kappa shape index (κ1) is 21.8. The highest BCUT2D eigenvalue weighted by molar-refractivity contribution is 5.83. The van der Waals surface area contributed by atoms with Crippen LogP contribution >= 0.6 is 0 Å². The molecule has 1 N–H and O–H groups in total. The number of nitrogens with zero attached hydrogens (tertiary/aromatic N) is 1. The van der Waals surface area contributed by atoms with Crippen molar-refractivity contribution < 1.29 is 28.5 Å². The molecule has 2 amide bonds. The number of nitrogens with one attached hydrogen (secondary N) is 1. The number of likely N-dealkylation sites (tertiary alicyclic amines) is 1. The first-order valence-corrected chi connectivity index (χ1v) is 10.7. The normalized spacial score (nSPS) is 16.4. The number of hydrogen-bond acceptors (Lipinski definition) is 6. The van der Waals surface area contributed by atoms with Gasteiger partial charge in [-0.3, -0.25) is 9.59 Å². The van der Waals surface area contributed by atoms with Gasteiger partial charge in [0.15, 0.2) is 18.1 Å². The predicted molar refractivity (Wildman–Crippen MR) is 117 cm³/mol. The van der Waals surface area contributed by atoms with Gasteiger partial charge in [0.1, 0.15) is 11.5 Å². The van der Waals surface area contributed by atoms with E-state index in [2.05, 4.69) is 5.32 Å². The van der Waals surface area contributed by atoms with Crippen LogP contribution in [0.3, 0.4) is 0 Å². The minimum absolute atomic E-state index is 0.00301. The molecule has 32 heavy (non-hydrogen) atoms. The van der Waals surface area contributed by atoms with Gasteiger partial charge in [0.25, 0.3) is 5.91 Å². The Hall–Kier alpha value is -3.42. The number of carbonyl (C=O) groups excluding carboxylic acids is 2. The van der Waals surface area contributed by atoms with Crippen LogP contribution in [-0.2, 0) is 16.1 Å². The number of hydrogen-bond donors (Lipinski definition) is 1. The first-order chi connectivity index (χ1) is 15.5. The molecule has 2 heterocycles. The maximum atomic E-state index is 12.9. The van der Waals surface area contributed by atoms with Crippen LogP contribution in [0.15, 0.2) is 42.5 Å². The van der Waals surface area contributed by atoms with Gasteiger partial charge in [-0.05, 0) is 54.8 Å². The molecule has 0 spiro atoms. The maximum Gasteiger partial charge on any atom is 0.260 e. The Labute approximate surface area is 187 Å². The lowest BCUT2D eigenvalue weighted by atomic mass is 9.79. The summed E-state index contributed by atoms with van der Waals surface area (Å²) in [5.74, 6) is 2.69. The van der Waals surface area contributed by atoms with Gasteiger partial charge in [0.05, 0.1) is 7.11 Å². The predicted octanol–water partition coefficient (Wildman–Crippen LogP) is 2.75. The Kier molecular flexibility index (Phi) is 6.39. The second kappa shape index (κ2) is 9.38. The lowest BCUT2D eigenvalue weighted by molar-refractivity contribution is -0.141. The maximum absolute atomic E-state index is 12.9. The summed E-state index contributed by atoms with van der Waals surface area (Å²) in [5.41, 5.74) is 0.443. The highest BCUT2D eigenvalue weighted by Crippen LogP contribution is 2.33. The zero-order chi connectivity index (χ0) is 22.6. The Bertz CT molecular complexity index is 967. The summed E-state index contributed by atoms with van der Waals surface area (Å²) in [5, 5.41) is 3.03. The van der Waals surface area contributed by atoms with Gasteiger partial charge in [0.2, 0.25) is 12.7 Å². The number of piperidine rings is 1. The number of fused-ring (bicyclic) bond motifs is 1. The van der Waals surface area contributed by atoms with Crippen molar-refractivity contribution in [2.75, 3.05) is 33.6 Å².